The number of hydrogen-bond donors (Lipinski definition) is 1. The van der Waals surface area contributed by atoms with E-state index in [1.54, 1.807) is 41.6 Å². The van der Waals surface area contributed by atoms with E-state index in [1.165, 1.54) is 12.3 Å². The molecule has 154 valence electrons. The molecule has 1 fully saturated rings. The molecule has 1 aliphatic rings. The Morgan fingerprint density at radius 1 is 1.17 bits per heavy atom. The molecule has 30 heavy (non-hydrogen) atoms. The molecule has 0 spiro atoms. The molecule has 1 amide bonds. The van der Waals surface area contributed by atoms with Crippen LogP contribution in [0.15, 0.2) is 65.5 Å². The fourth-order valence-corrected chi connectivity index (χ4v) is 3.45. The molecule has 2 aromatic heterocycles. The van der Waals surface area contributed by atoms with Crippen LogP contribution in [0.3, 0.4) is 0 Å². The Morgan fingerprint density at radius 3 is 2.67 bits per heavy atom. The first-order chi connectivity index (χ1) is 14.6. The monoisotopic (exact) mass is 407 g/mol. The highest BCUT2D eigenvalue weighted by Gasteiger charge is 2.25. The highest BCUT2D eigenvalue weighted by atomic mass is 16.6. The molecule has 1 aliphatic heterocycles. The Labute approximate surface area is 173 Å². The number of furan rings is 1. The summed E-state index contributed by atoms with van der Waals surface area (Å²) in [5.41, 5.74) is 2.28. The van der Waals surface area contributed by atoms with Gasteiger partial charge in [0, 0.05) is 56.9 Å². The Balaban J connectivity index is 1.45. The molecule has 0 bridgehead atoms. The number of carbonyl (C=O) groups is 1. The highest BCUT2D eigenvalue weighted by Crippen LogP contribution is 2.30. The predicted molar refractivity (Wildman–Crippen MR) is 111 cm³/mol. The van der Waals surface area contributed by atoms with Gasteiger partial charge in [0.25, 0.3) is 11.6 Å². The molecular formula is C21H21N5O4. The van der Waals surface area contributed by atoms with E-state index in [1.807, 2.05) is 12.1 Å². The van der Waals surface area contributed by atoms with Crippen LogP contribution in [0, 0.1) is 10.1 Å². The van der Waals surface area contributed by atoms with E-state index < -0.39 is 4.92 Å². The van der Waals surface area contributed by atoms with Crippen molar-refractivity contribution in [3.63, 3.8) is 0 Å². The lowest BCUT2D eigenvalue weighted by Gasteiger charge is -2.35. The van der Waals surface area contributed by atoms with E-state index in [0.717, 1.165) is 11.3 Å². The molecule has 4 rings (SSSR count). The third-order valence-corrected chi connectivity index (χ3v) is 5.05. The number of nitrogens with zero attached hydrogens (tertiary/aromatic N) is 4. The first-order valence-electron chi connectivity index (χ1n) is 9.61. The second-order valence-electron chi connectivity index (χ2n) is 6.93. The summed E-state index contributed by atoms with van der Waals surface area (Å²) in [7, 11) is 0. The Hall–Kier alpha value is -3.88. The maximum absolute atomic E-state index is 12.4. The van der Waals surface area contributed by atoms with Crippen LogP contribution in [-0.4, -0.2) is 46.9 Å². The van der Waals surface area contributed by atoms with Crippen molar-refractivity contribution in [1.82, 2.24) is 9.88 Å². The average molecular weight is 407 g/mol. The Bertz CT molecular complexity index is 1020. The van der Waals surface area contributed by atoms with Gasteiger partial charge in [-0.2, -0.15) is 0 Å². The van der Waals surface area contributed by atoms with Crippen molar-refractivity contribution < 1.29 is 14.1 Å². The minimum absolute atomic E-state index is 0.0225. The van der Waals surface area contributed by atoms with Crippen LogP contribution in [0.4, 0.5) is 17.1 Å². The van der Waals surface area contributed by atoms with Crippen LogP contribution in [0.25, 0.3) is 0 Å². The third kappa shape index (κ3) is 4.24. The molecule has 1 N–H and O–H groups in total. The van der Waals surface area contributed by atoms with E-state index in [0.29, 0.717) is 44.2 Å². The fraction of sp³-hybridized carbons (Fsp3) is 0.238. The van der Waals surface area contributed by atoms with Gasteiger partial charge in [-0.05, 0) is 35.9 Å². The first kappa shape index (κ1) is 19.4. The average Bonchev–Trinajstić information content (AvgIpc) is 3.33. The number of piperazine rings is 1. The molecular weight excluding hydrogens is 386 g/mol. The second-order valence-corrected chi connectivity index (χ2v) is 6.93. The minimum Gasteiger partial charge on any atom is -0.459 e. The van der Waals surface area contributed by atoms with E-state index >= 15 is 0 Å². The van der Waals surface area contributed by atoms with Crippen LogP contribution >= 0.6 is 0 Å². The Kier molecular flexibility index (Phi) is 5.60. The van der Waals surface area contributed by atoms with Crippen molar-refractivity contribution >= 4 is 23.0 Å². The van der Waals surface area contributed by atoms with Gasteiger partial charge in [-0.3, -0.25) is 19.9 Å². The number of amides is 1. The number of rotatable bonds is 6. The first-order valence-corrected chi connectivity index (χ1v) is 9.61. The third-order valence-electron chi connectivity index (χ3n) is 5.05. The zero-order chi connectivity index (χ0) is 20.9. The maximum Gasteiger partial charge on any atom is 0.292 e. The van der Waals surface area contributed by atoms with Crippen LogP contribution in [0.5, 0.6) is 0 Å². The minimum atomic E-state index is -0.394. The molecule has 1 saturated heterocycles. The van der Waals surface area contributed by atoms with Crippen molar-refractivity contribution in [3.8, 4) is 0 Å². The number of nitro benzene ring substituents is 1. The quantitative estimate of drug-likeness (QED) is 0.494. The van der Waals surface area contributed by atoms with Gasteiger partial charge in [0.15, 0.2) is 5.76 Å². The topological polar surface area (TPSA) is 105 Å². The highest BCUT2D eigenvalue weighted by molar-refractivity contribution is 5.91. The number of nitro groups is 1. The van der Waals surface area contributed by atoms with Crippen LogP contribution in [0.1, 0.15) is 16.1 Å². The molecule has 0 atom stereocenters. The second kappa shape index (κ2) is 8.64. The van der Waals surface area contributed by atoms with Gasteiger partial charge in [0.05, 0.1) is 11.2 Å². The van der Waals surface area contributed by atoms with Gasteiger partial charge in [0.1, 0.15) is 5.69 Å². The van der Waals surface area contributed by atoms with Crippen LogP contribution in [-0.2, 0) is 6.54 Å². The van der Waals surface area contributed by atoms with Crippen molar-refractivity contribution in [2.75, 3.05) is 36.4 Å². The van der Waals surface area contributed by atoms with Crippen molar-refractivity contribution in [2.45, 2.75) is 6.54 Å². The summed E-state index contributed by atoms with van der Waals surface area (Å²) in [5.74, 6) is 0.211. The maximum atomic E-state index is 12.4. The number of carbonyl (C=O) groups excluding carboxylic acids is 1. The molecule has 1 aromatic carbocycles. The van der Waals surface area contributed by atoms with E-state index in [2.05, 4.69) is 15.2 Å². The molecule has 3 heterocycles. The number of nitrogens with one attached hydrogen (secondary N) is 1. The summed E-state index contributed by atoms with van der Waals surface area (Å²) in [6.07, 6.45) is 4.89. The van der Waals surface area contributed by atoms with Crippen LogP contribution < -0.4 is 10.2 Å². The zero-order valence-electron chi connectivity index (χ0n) is 16.2. The standard InChI is InChI=1S/C21H21N5O4/c27-21(20-4-2-12-30-20)25-10-8-24(9-11-25)17-5-6-19(26(28)29)18(13-17)23-15-16-3-1-7-22-14-16/h1-7,12-14,23H,8-11,15H2. The lowest BCUT2D eigenvalue weighted by molar-refractivity contribution is -0.384. The molecule has 0 aliphatic carbocycles. The van der Waals surface area contributed by atoms with Crippen LogP contribution in [0.2, 0.25) is 0 Å². The lowest BCUT2D eigenvalue weighted by atomic mass is 10.2. The number of aromatic nitrogens is 1. The number of benzene rings is 1. The molecule has 0 radical (unpaired) electrons. The van der Waals surface area contributed by atoms with Crippen molar-refractivity contribution in [3.05, 3.63) is 82.6 Å². The van der Waals surface area contributed by atoms with Gasteiger partial charge in [-0.1, -0.05) is 6.07 Å². The zero-order valence-corrected chi connectivity index (χ0v) is 16.2. The summed E-state index contributed by atoms with van der Waals surface area (Å²) in [6.45, 7) is 2.80. The summed E-state index contributed by atoms with van der Waals surface area (Å²) in [5, 5.41) is 14.6. The van der Waals surface area contributed by atoms with Gasteiger partial charge in [-0.15, -0.1) is 0 Å². The lowest BCUT2D eigenvalue weighted by Crippen LogP contribution is -2.48. The Morgan fingerprint density at radius 2 is 2.00 bits per heavy atom. The molecule has 0 saturated carbocycles. The predicted octanol–water partition coefficient (Wildman–Crippen LogP) is 3.16. The molecule has 9 nitrogen and oxygen atoms in total. The van der Waals surface area contributed by atoms with Crippen molar-refractivity contribution in [2.24, 2.45) is 0 Å². The summed E-state index contributed by atoms with van der Waals surface area (Å²) >= 11 is 0. The molecule has 0 unspecified atom stereocenters. The smallest absolute Gasteiger partial charge is 0.292 e. The number of pyridine rings is 1. The van der Waals surface area contributed by atoms with Gasteiger partial charge >= 0.3 is 0 Å². The summed E-state index contributed by atoms with van der Waals surface area (Å²) in [6, 6.07) is 12.1. The summed E-state index contributed by atoms with van der Waals surface area (Å²) < 4.78 is 5.19. The van der Waals surface area contributed by atoms with E-state index in [-0.39, 0.29) is 11.6 Å². The fourth-order valence-electron chi connectivity index (χ4n) is 3.45. The van der Waals surface area contributed by atoms with Gasteiger partial charge in [-0.25, -0.2) is 0 Å². The van der Waals surface area contributed by atoms with Gasteiger partial charge < -0.3 is 19.5 Å². The number of hydrogen-bond acceptors (Lipinski definition) is 7. The SMILES string of the molecule is O=C(c1ccco1)N1CCN(c2ccc([N+](=O)[O-])c(NCc3cccnc3)c2)CC1. The molecule has 9 heteroatoms. The van der Waals surface area contributed by atoms with Gasteiger partial charge in [0.2, 0.25) is 0 Å². The van der Waals surface area contributed by atoms with Crippen molar-refractivity contribution in [1.29, 1.82) is 0 Å². The normalized spacial score (nSPS) is 13.9. The van der Waals surface area contributed by atoms with E-state index in [9.17, 15) is 14.9 Å². The summed E-state index contributed by atoms with van der Waals surface area (Å²) in [4.78, 5) is 31.4. The number of anilines is 2. The van der Waals surface area contributed by atoms with E-state index in [4.69, 9.17) is 4.42 Å². The molecule has 3 aromatic rings. The largest absolute Gasteiger partial charge is 0.459 e.